The van der Waals surface area contributed by atoms with Gasteiger partial charge < -0.3 is 5.32 Å². The standard InChI is InChI=1S/C23H28N2O3S/c1-18-11-13-22(14-12-18)29(27,28)25(2)21-10-6-9-20(17-21)23(26)24-16-15-19-7-4-3-5-8-19/h6-7,9-14,17H,3-5,8,15-16H2,1-2H3,(H,24,26). The minimum absolute atomic E-state index is 0.190. The fourth-order valence-corrected chi connectivity index (χ4v) is 4.61. The monoisotopic (exact) mass is 412 g/mol. The minimum Gasteiger partial charge on any atom is -0.352 e. The fraction of sp³-hybridized carbons (Fsp3) is 0.348. The van der Waals surface area contributed by atoms with Gasteiger partial charge in [-0.1, -0.05) is 35.4 Å². The van der Waals surface area contributed by atoms with Crippen LogP contribution < -0.4 is 9.62 Å². The Hall–Kier alpha value is -2.60. The van der Waals surface area contributed by atoms with Gasteiger partial charge in [-0.15, -0.1) is 0 Å². The largest absolute Gasteiger partial charge is 0.352 e. The summed E-state index contributed by atoms with van der Waals surface area (Å²) in [7, 11) is -2.19. The van der Waals surface area contributed by atoms with Crippen LogP contribution in [0.4, 0.5) is 5.69 Å². The summed E-state index contributed by atoms with van der Waals surface area (Å²) in [6, 6.07) is 13.4. The smallest absolute Gasteiger partial charge is 0.264 e. The third-order valence-corrected chi connectivity index (χ3v) is 7.07. The van der Waals surface area contributed by atoms with E-state index in [2.05, 4.69) is 11.4 Å². The molecule has 0 spiro atoms. The molecule has 1 N–H and O–H groups in total. The summed E-state index contributed by atoms with van der Waals surface area (Å²) < 4.78 is 27.0. The highest BCUT2D eigenvalue weighted by Crippen LogP contribution is 2.23. The van der Waals surface area contributed by atoms with Crippen LogP contribution in [0.1, 0.15) is 48.0 Å². The van der Waals surface area contributed by atoms with Crippen molar-refractivity contribution < 1.29 is 13.2 Å². The molecule has 0 saturated heterocycles. The molecule has 2 aromatic rings. The summed E-state index contributed by atoms with van der Waals surface area (Å²) >= 11 is 0. The van der Waals surface area contributed by atoms with Crippen LogP contribution in [0.2, 0.25) is 0 Å². The number of hydrogen-bond donors (Lipinski definition) is 1. The summed E-state index contributed by atoms with van der Waals surface area (Å²) in [5.41, 5.74) is 3.31. The SMILES string of the molecule is Cc1ccc(S(=O)(=O)N(C)c2cccc(C(=O)NCCC3=CCCCC3)c2)cc1. The topological polar surface area (TPSA) is 66.5 Å². The number of carbonyl (C=O) groups is 1. The van der Waals surface area contributed by atoms with Crippen LogP contribution in [0.5, 0.6) is 0 Å². The van der Waals surface area contributed by atoms with E-state index in [9.17, 15) is 13.2 Å². The lowest BCUT2D eigenvalue weighted by Gasteiger charge is -2.20. The van der Waals surface area contributed by atoms with Crippen molar-refractivity contribution in [3.63, 3.8) is 0 Å². The summed E-state index contributed by atoms with van der Waals surface area (Å²) in [6.07, 6.45) is 7.87. The number of sulfonamides is 1. The van der Waals surface area contributed by atoms with Gasteiger partial charge in [-0.05, 0) is 69.4 Å². The molecule has 0 aliphatic heterocycles. The molecule has 1 aliphatic carbocycles. The van der Waals surface area contributed by atoms with Crippen molar-refractivity contribution in [1.82, 2.24) is 5.32 Å². The minimum atomic E-state index is -3.69. The first kappa shape index (κ1) is 21.1. The molecule has 3 rings (SSSR count). The lowest BCUT2D eigenvalue weighted by Crippen LogP contribution is -2.28. The lowest BCUT2D eigenvalue weighted by atomic mass is 9.97. The molecule has 2 aromatic carbocycles. The molecule has 6 heteroatoms. The van der Waals surface area contributed by atoms with Crippen LogP contribution >= 0.6 is 0 Å². The van der Waals surface area contributed by atoms with Gasteiger partial charge in [0.1, 0.15) is 0 Å². The molecular weight excluding hydrogens is 384 g/mol. The van der Waals surface area contributed by atoms with Crippen LogP contribution in [-0.4, -0.2) is 27.9 Å². The Bertz CT molecular complexity index is 995. The second kappa shape index (κ2) is 9.27. The van der Waals surface area contributed by atoms with Crippen LogP contribution in [0.3, 0.4) is 0 Å². The molecule has 0 bridgehead atoms. The number of hydrogen-bond acceptors (Lipinski definition) is 3. The van der Waals surface area contributed by atoms with Crippen molar-refractivity contribution in [2.24, 2.45) is 0 Å². The summed E-state index contributed by atoms with van der Waals surface area (Å²) in [4.78, 5) is 12.7. The average molecular weight is 413 g/mol. The van der Waals surface area contributed by atoms with E-state index in [1.165, 1.54) is 29.8 Å². The van der Waals surface area contributed by atoms with Crippen molar-refractivity contribution in [1.29, 1.82) is 0 Å². The van der Waals surface area contributed by atoms with E-state index in [-0.39, 0.29) is 10.8 Å². The predicted molar refractivity (Wildman–Crippen MR) is 117 cm³/mol. The number of benzene rings is 2. The molecule has 1 aliphatic rings. The van der Waals surface area contributed by atoms with E-state index < -0.39 is 10.0 Å². The van der Waals surface area contributed by atoms with Crippen molar-refractivity contribution in [3.05, 3.63) is 71.3 Å². The molecule has 0 unspecified atom stereocenters. The predicted octanol–water partition coefficient (Wildman–Crippen LogP) is 4.44. The highest BCUT2D eigenvalue weighted by molar-refractivity contribution is 7.92. The zero-order valence-electron chi connectivity index (χ0n) is 17.0. The number of aryl methyl sites for hydroxylation is 1. The number of nitrogens with zero attached hydrogens (tertiary/aromatic N) is 1. The molecule has 29 heavy (non-hydrogen) atoms. The Morgan fingerprint density at radius 1 is 1.10 bits per heavy atom. The van der Waals surface area contributed by atoms with E-state index in [0.29, 0.717) is 17.8 Å². The van der Waals surface area contributed by atoms with E-state index in [1.807, 2.05) is 6.92 Å². The van der Waals surface area contributed by atoms with Gasteiger partial charge in [0.25, 0.3) is 15.9 Å². The molecule has 0 aromatic heterocycles. The average Bonchev–Trinajstić information content (AvgIpc) is 2.74. The van der Waals surface area contributed by atoms with Gasteiger partial charge in [-0.3, -0.25) is 9.10 Å². The van der Waals surface area contributed by atoms with Gasteiger partial charge in [-0.25, -0.2) is 8.42 Å². The summed E-state index contributed by atoms with van der Waals surface area (Å²) in [6.45, 7) is 2.50. The van der Waals surface area contributed by atoms with Gasteiger partial charge in [0.05, 0.1) is 10.6 Å². The molecule has 154 valence electrons. The molecular formula is C23H28N2O3S. The maximum absolute atomic E-state index is 12.9. The molecule has 0 saturated carbocycles. The highest BCUT2D eigenvalue weighted by Gasteiger charge is 2.21. The van der Waals surface area contributed by atoms with Gasteiger partial charge in [0.15, 0.2) is 0 Å². The second-order valence-corrected chi connectivity index (χ2v) is 9.42. The zero-order valence-corrected chi connectivity index (χ0v) is 17.8. The van der Waals surface area contributed by atoms with Crippen LogP contribution in [0, 0.1) is 6.92 Å². The molecule has 5 nitrogen and oxygen atoms in total. The lowest BCUT2D eigenvalue weighted by molar-refractivity contribution is 0.0954. The maximum atomic E-state index is 12.9. The normalized spacial score (nSPS) is 14.2. The quantitative estimate of drug-likeness (QED) is 0.684. The van der Waals surface area contributed by atoms with Crippen molar-refractivity contribution in [3.8, 4) is 0 Å². The number of allylic oxidation sites excluding steroid dienone is 1. The molecule has 0 radical (unpaired) electrons. The van der Waals surface area contributed by atoms with Gasteiger partial charge in [0.2, 0.25) is 0 Å². The zero-order chi connectivity index (χ0) is 20.9. The Kier molecular flexibility index (Phi) is 6.75. The number of amides is 1. The first-order valence-electron chi connectivity index (χ1n) is 10.00. The Balaban J connectivity index is 1.68. The molecule has 0 heterocycles. The number of nitrogens with one attached hydrogen (secondary N) is 1. The first-order chi connectivity index (χ1) is 13.9. The fourth-order valence-electron chi connectivity index (χ4n) is 3.42. The van der Waals surface area contributed by atoms with E-state index in [4.69, 9.17) is 0 Å². The van der Waals surface area contributed by atoms with Crippen LogP contribution in [0.25, 0.3) is 0 Å². The van der Waals surface area contributed by atoms with Crippen LogP contribution in [-0.2, 0) is 10.0 Å². The van der Waals surface area contributed by atoms with Gasteiger partial charge in [-0.2, -0.15) is 0 Å². The van der Waals surface area contributed by atoms with Gasteiger partial charge in [0, 0.05) is 19.2 Å². The Morgan fingerprint density at radius 3 is 2.55 bits per heavy atom. The van der Waals surface area contributed by atoms with E-state index in [0.717, 1.165) is 24.8 Å². The number of carbonyl (C=O) groups excluding carboxylic acids is 1. The van der Waals surface area contributed by atoms with Crippen LogP contribution in [0.15, 0.2) is 65.1 Å². The summed E-state index contributed by atoms with van der Waals surface area (Å²) in [5.74, 6) is -0.190. The third kappa shape index (κ3) is 5.26. The second-order valence-electron chi connectivity index (χ2n) is 7.45. The summed E-state index contributed by atoms with van der Waals surface area (Å²) in [5, 5.41) is 2.94. The third-order valence-electron chi connectivity index (χ3n) is 5.27. The Labute approximate surface area is 173 Å². The Morgan fingerprint density at radius 2 is 1.86 bits per heavy atom. The molecule has 0 atom stereocenters. The van der Waals surface area contributed by atoms with Crippen molar-refractivity contribution >= 4 is 21.6 Å². The van der Waals surface area contributed by atoms with Crippen molar-refractivity contribution in [2.75, 3.05) is 17.9 Å². The maximum Gasteiger partial charge on any atom is 0.264 e. The number of rotatable bonds is 7. The van der Waals surface area contributed by atoms with E-state index >= 15 is 0 Å². The van der Waals surface area contributed by atoms with Gasteiger partial charge >= 0.3 is 0 Å². The first-order valence-corrected chi connectivity index (χ1v) is 11.4. The van der Waals surface area contributed by atoms with E-state index in [1.54, 1.807) is 48.5 Å². The number of anilines is 1. The molecule has 0 fully saturated rings. The highest BCUT2D eigenvalue weighted by atomic mass is 32.2. The van der Waals surface area contributed by atoms with Crippen molar-refractivity contribution in [2.45, 2.75) is 43.9 Å². The molecule has 1 amide bonds.